The van der Waals surface area contributed by atoms with Crippen LogP contribution in [-0.4, -0.2) is 26.1 Å². The van der Waals surface area contributed by atoms with Gasteiger partial charge in [0.2, 0.25) is 5.91 Å². The average molecular weight is 236 g/mol. The zero-order valence-corrected chi connectivity index (χ0v) is 10.7. The molecule has 0 radical (unpaired) electrons. The van der Waals surface area contributed by atoms with E-state index >= 15 is 0 Å². The molecule has 4 heteroatoms. The molecule has 0 bridgehead atoms. The maximum absolute atomic E-state index is 11.6. The van der Waals surface area contributed by atoms with Gasteiger partial charge in [-0.05, 0) is 36.6 Å². The van der Waals surface area contributed by atoms with Crippen molar-refractivity contribution in [2.45, 2.75) is 20.3 Å². The Labute approximate surface area is 102 Å². The number of nitrogens with one attached hydrogen (secondary N) is 1. The second kappa shape index (κ2) is 6.25. The zero-order chi connectivity index (χ0) is 12.8. The van der Waals surface area contributed by atoms with Crippen molar-refractivity contribution in [2.75, 3.05) is 20.2 Å². The molecule has 0 unspecified atom stereocenters. The molecule has 0 atom stereocenters. The summed E-state index contributed by atoms with van der Waals surface area (Å²) in [6, 6.07) is 3.83. The summed E-state index contributed by atoms with van der Waals surface area (Å²) in [6.07, 6.45) is 0.386. The Bertz CT molecular complexity index is 403. The first-order chi connectivity index (χ1) is 8.10. The highest BCUT2D eigenvalue weighted by Crippen LogP contribution is 2.24. The van der Waals surface area contributed by atoms with E-state index < -0.39 is 0 Å². The molecule has 0 aliphatic rings. The van der Waals surface area contributed by atoms with Gasteiger partial charge in [-0.1, -0.05) is 6.07 Å². The number of hydrogen-bond donors (Lipinski definition) is 2. The number of carbonyl (C=O) groups is 1. The fourth-order valence-electron chi connectivity index (χ4n) is 1.71. The van der Waals surface area contributed by atoms with Gasteiger partial charge < -0.3 is 15.8 Å². The molecule has 0 saturated heterocycles. The van der Waals surface area contributed by atoms with Crippen molar-refractivity contribution in [3.05, 3.63) is 28.8 Å². The Kier molecular flexibility index (Phi) is 4.97. The van der Waals surface area contributed by atoms with Gasteiger partial charge in [0.25, 0.3) is 0 Å². The Hall–Kier alpha value is -1.55. The van der Waals surface area contributed by atoms with Crippen LogP contribution in [0.1, 0.15) is 16.7 Å². The van der Waals surface area contributed by atoms with Crippen LogP contribution < -0.4 is 15.8 Å². The van der Waals surface area contributed by atoms with Crippen LogP contribution in [0.15, 0.2) is 12.1 Å². The van der Waals surface area contributed by atoms with E-state index in [1.54, 1.807) is 7.11 Å². The molecular formula is C13H20N2O2. The van der Waals surface area contributed by atoms with E-state index in [9.17, 15) is 4.79 Å². The highest BCUT2D eigenvalue weighted by atomic mass is 16.5. The molecular weight excluding hydrogens is 216 g/mol. The molecule has 94 valence electrons. The van der Waals surface area contributed by atoms with Crippen LogP contribution >= 0.6 is 0 Å². The molecule has 1 aromatic carbocycles. The summed E-state index contributed by atoms with van der Waals surface area (Å²) in [5.74, 6) is 0.858. The number of methoxy groups -OCH3 is 1. The summed E-state index contributed by atoms with van der Waals surface area (Å²) in [6.45, 7) is 4.98. The summed E-state index contributed by atoms with van der Waals surface area (Å²) < 4.78 is 5.23. The lowest BCUT2D eigenvalue weighted by Gasteiger charge is -2.12. The monoisotopic (exact) mass is 236 g/mol. The molecule has 0 spiro atoms. The normalized spacial score (nSPS) is 10.1. The van der Waals surface area contributed by atoms with Crippen LogP contribution in [0.4, 0.5) is 0 Å². The van der Waals surface area contributed by atoms with Crippen LogP contribution in [0.3, 0.4) is 0 Å². The maximum atomic E-state index is 11.6. The first kappa shape index (κ1) is 13.5. The lowest BCUT2D eigenvalue weighted by molar-refractivity contribution is -0.120. The topological polar surface area (TPSA) is 64.3 Å². The fraction of sp³-hybridized carbons (Fsp3) is 0.462. The third kappa shape index (κ3) is 3.46. The van der Waals surface area contributed by atoms with Crippen molar-refractivity contribution >= 4 is 5.91 Å². The highest BCUT2D eigenvalue weighted by Gasteiger charge is 2.09. The van der Waals surface area contributed by atoms with Gasteiger partial charge in [-0.2, -0.15) is 0 Å². The first-order valence-electron chi connectivity index (χ1n) is 5.70. The van der Waals surface area contributed by atoms with Gasteiger partial charge in [0.1, 0.15) is 5.75 Å². The number of hydrogen-bond acceptors (Lipinski definition) is 3. The van der Waals surface area contributed by atoms with Crippen LogP contribution in [0.5, 0.6) is 5.75 Å². The lowest BCUT2D eigenvalue weighted by atomic mass is 10.00. The van der Waals surface area contributed by atoms with E-state index in [4.69, 9.17) is 10.5 Å². The molecule has 1 aromatic rings. The molecule has 0 saturated carbocycles. The predicted octanol–water partition coefficient (Wildman–Crippen LogP) is 0.929. The molecule has 0 aromatic heterocycles. The summed E-state index contributed by atoms with van der Waals surface area (Å²) in [7, 11) is 1.65. The van der Waals surface area contributed by atoms with E-state index in [-0.39, 0.29) is 5.91 Å². The minimum Gasteiger partial charge on any atom is -0.496 e. The standard InChI is InChI=1S/C13H20N2O2/c1-9-10(2)12(17-3)5-4-11(9)8-13(16)15-7-6-14/h4-5H,6-8,14H2,1-3H3,(H,15,16). The number of amides is 1. The average Bonchev–Trinajstić information content (AvgIpc) is 2.33. The van der Waals surface area contributed by atoms with Gasteiger partial charge in [-0.15, -0.1) is 0 Å². The van der Waals surface area contributed by atoms with Crippen LogP contribution in [0.25, 0.3) is 0 Å². The molecule has 1 amide bonds. The Morgan fingerprint density at radius 2 is 2.06 bits per heavy atom. The van der Waals surface area contributed by atoms with Gasteiger partial charge in [0, 0.05) is 13.1 Å². The summed E-state index contributed by atoms with van der Waals surface area (Å²) in [4.78, 5) is 11.6. The van der Waals surface area contributed by atoms with Gasteiger partial charge in [0.15, 0.2) is 0 Å². The van der Waals surface area contributed by atoms with Crippen LogP contribution in [0, 0.1) is 13.8 Å². The van der Waals surface area contributed by atoms with E-state index in [1.807, 2.05) is 26.0 Å². The van der Waals surface area contributed by atoms with Gasteiger partial charge >= 0.3 is 0 Å². The molecule has 0 aliphatic heterocycles. The van der Waals surface area contributed by atoms with Gasteiger partial charge in [-0.25, -0.2) is 0 Å². The molecule has 3 N–H and O–H groups in total. The minimum absolute atomic E-state index is 0.00289. The van der Waals surface area contributed by atoms with Crippen molar-refractivity contribution in [2.24, 2.45) is 5.73 Å². The van der Waals surface area contributed by atoms with E-state index in [1.165, 1.54) is 0 Å². The molecule has 0 aliphatic carbocycles. The minimum atomic E-state index is 0.00289. The van der Waals surface area contributed by atoms with Crippen molar-refractivity contribution in [1.82, 2.24) is 5.32 Å². The highest BCUT2D eigenvalue weighted by molar-refractivity contribution is 5.79. The summed E-state index contributed by atoms with van der Waals surface area (Å²) >= 11 is 0. The number of ether oxygens (including phenoxy) is 1. The van der Waals surface area contributed by atoms with Gasteiger partial charge in [-0.3, -0.25) is 4.79 Å². The molecule has 4 nitrogen and oxygen atoms in total. The summed E-state index contributed by atoms with van der Waals surface area (Å²) in [5, 5.41) is 2.76. The third-order valence-corrected chi connectivity index (χ3v) is 2.89. The van der Waals surface area contributed by atoms with Crippen LogP contribution in [-0.2, 0) is 11.2 Å². The zero-order valence-electron chi connectivity index (χ0n) is 10.7. The molecule has 17 heavy (non-hydrogen) atoms. The number of rotatable bonds is 5. The SMILES string of the molecule is COc1ccc(CC(=O)NCCN)c(C)c1C. The van der Waals surface area contributed by atoms with Gasteiger partial charge in [0.05, 0.1) is 13.5 Å². The van der Waals surface area contributed by atoms with E-state index in [0.717, 1.165) is 22.4 Å². The van der Waals surface area contributed by atoms with Crippen molar-refractivity contribution in [1.29, 1.82) is 0 Å². The molecule has 1 rings (SSSR count). The van der Waals surface area contributed by atoms with E-state index in [0.29, 0.717) is 19.5 Å². The Morgan fingerprint density at radius 1 is 1.35 bits per heavy atom. The Morgan fingerprint density at radius 3 is 2.65 bits per heavy atom. The van der Waals surface area contributed by atoms with Crippen LogP contribution in [0.2, 0.25) is 0 Å². The van der Waals surface area contributed by atoms with E-state index in [2.05, 4.69) is 5.32 Å². The van der Waals surface area contributed by atoms with Crippen molar-refractivity contribution in [3.63, 3.8) is 0 Å². The fourth-order valence-corrected chi connectivity index (χ4v) is 1.71. The number of benzene rings is 1. The lowest BCUT2D eigenvalue weighted by Crippen LogP contribution is -2.30. The van der Waals surface area contributed by atoms with Crippen molar-refractivity contribution < 1.29 is 9.53 Å². The maximum Gasteiger partial charge on any atom is 0.224 e. The smallest absolute Gasteiger partial charge is 0.224 e. The first-order valence-corrected chi connectivity index (χ1v) is 5.70. The van der Waals surface area contributed by atoms with Crippen molar-refractivity contribution in [3.8, 4) is 5.75 Å². The third-order valence-electron chi connectivity index (χ3n) is 2.89. The predicted molar refractivity (Wildman–Crippen MR) is 68.2 cm³/mol. The number of nitrogens with two attached hydrogens (primary N) is 1. The second-order valence-electron chi connectivity index (χ2n) is 3.99. The molecule has 0 heterocycles. The number of carbonyl (C=O) groups excluding carboxylic acids is 1. The molecule has 0 fully saturated rings. The quantitative estimate of drug-likeness (QED) is 0.799. The largest absolute Gasteiger partial charge is 0.496 e. The second-order valence-corrected chi connectivity index (χ2v) is 3.99. The Balaban J connectivity index is 2.79. The summed E-state index contributed by atoms with van der Waals surface area (Å²) in [5.41, 5.74) is 8.54.